The van der Waals surface area contributed by atoms with Crippen LogP contribution in [0.1, 0.15) is 50.5 Å². The van der Waals surface area contributed by atoms with Crippen LogP contribution in [0.3, 0.4) is 0 Å². The molecule has 1 aliphatic carbocycles. The number of hydrogen-bond acceptors (Lipinski definition) is 4. The summed E-state index contributed by atoms with van der Waals surface area (Å²) in [4.78, 5) is 20.9. The van der Waals surface area contributed by atoms with E-state index in [-0.39, 0.29) is 5.41 Å². The number of carbonyl (C=O) groups is 1. The Hall–Kier alpha value is -2.90. The molecule has 2 aromatic carbocycles. The lowest BCUT2D eigenvalue weighted by molar-refractivity contribution is -0.140. The van der Waals surface area contributed by atoms with Gasteiger partial charge in [-0.25, -0.2) is 4.98 Å². The van der Waals surface area contributed by atoms with Gasteiger partial charge in [0, 0.05) is 36.3 Å². The minimum absolute atomic E-state index is 0.335. The molecule has 1 saturated heterocycles. The van der Waals surface area contributed by atoms with E-state index < -0.39 is 0 Å². The third-order valence-corrected chi connectivity index (χ3v) is 9.38. The Balaban J connectivity index is 1.15. The maximum absolute atomic E-state index is 14.0. The van der Waals surface area contributed by atoms with Gasteiger partial charge in [0.1, 0.15) is 5.82 Å². The van der Waals surface area contributed by atoms with Crippen LogP contribution in [0.15, 0.2) is 71.3 Å². The second kappa shape index (κ2) is 11.3. The summed E-state index contributed by atoms with van der Waals surface area (Å²) in [5.41, 5.74) is 3.28. The van der Waals surface area contributed by atoms with Crippen LogP contribution in [0.4, 0.5) is 5.82 Å². The Bertz CT molecular complexity index is 1460. The van der Waals surface area contributed by atoms with Crippen molar-refractivity contribution in [2.24, 2.45) is 5.92 Å². The highest BCUT2D eigenvalue weighted by molar-refractivity contribution is 9.10. The normalized spacial score (nSPS) is 17.8. The lowest BCUT2D eigenvalue weighted by atomic mass is 9.68. The van der Waals surface area contributed by atoms with Crippen molar-refractivity contribution in [3.63, 3.8) is 0 Å². The van der Waals surface area contributed by atoms with Crippen molar-refractivity contribution in [2.75, 3.05) is 25.0 Å². The maximum Gasteiger partial charge on any atom is 0.233 e. The lowest BCUT2D eigenvalue weighted by Gasteiger charge is -2.42. The number of rotatable bonds is 6. The van der Waals surface area contributed by atoms with E-state index in [1.165, 1.54) is 12.0 Å². The fourth-order valence-electron chi connectivity index (χ4n) is 6.30. The molecule has 0 atom stereocenters. The summed E-state index contributed by atoms with van der Waals surface area (Å²) in [5.74, 6) is 1.69. The van der Waals surface area contributed by atoms with Crippen LogP contribution in [0.25, 0.3) is 16.9 Å². The Kier molecular flexibility index (Phi) is 7.63. The number of amides is 1. The Labute approximate surface area is 242 Å². The van der Waals surface area contributed by atoms with E-state index in [1.807, 2.05) is 40.9 Å². The first-order chi connectivity index (χ1) is 19.0. The average molecular weight is 607 g/mol. The SMILES string of the molecule is O=C(N1CCC(CNc2cc(-c3ccccc3Cl)nc3c(Br)cnn23)CC1)C1(c2ccccc2)CCCCC1. The average Bonchev–Trinajstić information content (AvgIpc) is 3.37. The molecule has 2 fully saturated rings. The molecular weight excluding hydrogens is 574 g/mol. The van der Waals surface area contributed by atoms with Gasteiger partial charge in [-0.15, -0.1) is 0 Å². The summed E-state index contributed by atoms with van der Waals surface area (Å²) in [7, 11) is 0. The smallest absolute Gasteiger partial charge is 0.233 e. The summed E-state index contributed by atoms with van der Waals surface area (Å²) < 4.78 is 2.66. The second-order valence-electron chi connectivity index (χ2n) is 10.9. The van der Waals surface area contributed by atoms with E-state index in [2.05, 4.69) is 55.5 Å². The van der Waals surface area contributed by atoms with Crippen LogP contribution in [0, 0.1) is 5.92 Å². The molecule has 0 radical (unpaired) electrons. The van der Waals surface area contributed by atoms with Crippen LogP contribution in [0.5, 0.6) is 0 Å². The van der Waals surface area contributed by atoms with Crippen molar-refractivity contribution in [3.05, 3.63) is 81.9 Å². The summed E-state index contributed by atoms with van der Waals surface area (Å²) >= 11 is 10.1. The minimum atomic E-state index is -0.351. The van der Waals surface area contributed by atoms with Gasteiger partial charge in [-0.2, -0.15) is 9.61 Å². The van der Waals surface area contributed by atoms with Gasteiger partial charge < -0.3 is 10.2 Å². The third-order valence-electron chi connectivity index (χ3n) is 8.50. The predicted octanol–water partition coefficient (Wildman–Crippen LogP) is 7.36. The van der Waals surface area contributed by atoms with Gasteiger partial charge in [0.15, 0.2) is 5.65 Å². The van der Waals surface area contributed by atoms with Gasteiger partial charge in [0.25, 0.3) is 0 Å². The van der Waals surface area contributed by atoms with Crippen LogP contribution in [0.2, 0.25) is 5.02 Å². The molecule has 1 saturated carbocycles. The number of nitrogens with zero attached hydrogens (tertiary/aromatic N) is 4. The van der Waals surface area contributed by atoms with E-state index in [4.69, 9.17) is 16.6 Å². The molecule has 6 rings (SSSR count). The number of nitrogens with one attached hydrogen (secondary N) is 1. The lowest BCUT2D eigenvalue weighted by Crippen LogP contribution is -2.51. The van der Waals surface area contributed by atoms with Crippen molar-refractivity contribution >= 4 is 44.9 Å². The zero-order valence-corrected chi connectivity index (χ0v) is 24.3. The van der Waals surface area contributed by atoms with E-state index in [0.717, 1.165) is 85.4 Å². The standard InChI is InChI=1S/C31H33BrClN5O/c32-25-21-35-38-28(19-27(36-29(25)38)24-11-5-6-12-26(24)33)34-20-22-13-17-37(18-14-22)30(39)31(15-7-2-8-16-31)23-9-3-1-4-10-23/h1,3-6,9-12,19,21-22,34H,2,7-8,13-18,20H2. The highest BCUT2D eigenvalue weighted by Gasteiger charge is 2.44. The number of piperidine rings is 1. The molecule has 0 spiro atoms. The van der Waals surface area contributed by atoms with Crippen LogP contribution >= 0.6 is 27.5 Å². The number of likely N-dealkylation sites (tertiary alicyclic amines) is 1. The van der Waals surface area contributed by atoms with E-state index in [0.29, 0.717) is 16.8 Å². The molecule has 4 aromatic rings. The monoisotopic (exact) mass is 605 g/mol. The molecule has 1 amide bonds. The Morgan fingerprint density at radius 1 is 1.03 bits per heavy atom. The first kappa shape index (κ1) is 26.3. The van der Waals surface area contributed by atoms with Crippen molar-refractivity contribution < 1.29 is 4.79 Å². The molecule has 39 heavy (non-hydrogen) atoms. The van der Waals surface area contributed by atoms with Crippen molar-refractivity contribution in [1.82, 2.24) is 19.5 Å². The van der Waals surface area contributed by atoms with E-state index >= 15 is 0 Å². The predicted molar refractivity (Wildman–Crippen MR) is 160 cm³/mol. The summed E-state index contributed by atoms with van der Waals surface area (Å²) in [5, 5.41) is 8.82. The van der Waals surface area contributed by atoms with E-state index in [1.54, 1.807) is 6.20 Å². The van der Waals surface area contributed by atoms with Gasteiger partial charge in [0.2, 0.25) is 5.91 Å². The van der Waals surface area contributed by atoms with Gasteiger partial charge in [-0.1, -0.05) is 79.4 Å². The number of benzene rings is 2. The third kappa shape index (κ3) is 5.19. The number of carbonyl (C=O) groups excluding carboxylic acids is 1. The Morgan fingerprint density at radius 2 is 1.74 bits per heavy atom. The molecule has 8 heteroatoms. The number of aromatic nitrogens is 3. The van der Waals surface area contributed by atoms with Crippen molar-refractivity contribution in [2.45, 2.75) is 50.4 Å². The number of hydrogen-bond donors (Lipinski definition) is 1. The molecule has 3 heterocycles. The zero-order chi connectivity index (χ0) is 26.8. The quantitative estimate of drug-likeness (QED) is 0.249. The second-order valence-corrected chi connectivity index (χ2v) is 12.1. The van der Waals surface area contributed by atoms with E-state index in [9.17, 15) is 4.79 Å². The maximum atomic E-state index is 14.0. The fourth-order valence-corrected chi connectivity index (χ4v) is 6.88. The first-order valence-electron chi connectivity index (χ1n) is 13.9. The van der Waals surface area contributed by atoms with Crippen LogP contribution in [-0.4, -0.2) is 45.0 Å². The van der Waals surface area contributed by atoms with Gasteiger partial charge in [0.05, 0.1) is 21.8 Å². The molecule has 0 unspecified atom stereocenters. The molecule has 1 N–H and O–H groups in total. The van der Waals surface area contributed by atoms with Gasteiger partial charge in [-0.05, 0) is 59.2 Å². The van der Waals surface area contributed by atoms with Crippen molar-refractivity contribution in [1.29, 1.82) is 0 Å². The summed E-state index contributed by atoms with van der Waals surface area (Å²) in [6, 6.07) is 20.3. The zero-order valence-electron chi connectivity index (χ0n) is 22.0. The number of anilines is 1. The molecule has 202 valence electrons. The molecule has 1 aliphatic heterocycles. The molecule has 0 bridgehead atoms. The number of halogens is 2. The Morgan fingerprint density at radius 3 is 2.49 bits per heavy atom. The highest BCUT2D eigenvalue weighted by Crippen LogP contribution is 2.41. The summed E-state index contributed by atoms with van der Waals surface area (Å²) in [6.45, 7) is 2.43. The molecule has 2 aromatic heterocycles. The highest BCUT2D eigenvalue weighted by atomic mass is 79.9. The summed E-state index contributed by atoms with van der Waals surface area (Å²) in [6.07, 6.45) is 9.13. The van der Waals surface area contributed by atoms with Crippen LogP contribution < -0.4 is 5.32 Å². The largest absolute Gasteiger partial charge is 0.370 e. The first-order valence-corrected chi connectivity index (χ1v) is 15.1. The fraction of sp³-hybridized carbons (Fsp3) is 0.387. The molecular formula is C31H33BrClN5O. The van der Waals surface area contributed by atoms with Gasteiger partial charge >= 0.3 is 0 Å². The van der Waals surface area contributed by atoms with Crippen LogP contribution in [-0.2, 0) is 10.2 Å². The molecule has 2 aliphatic rings. The molecule has 6 nitrogen and oxygen atoms in total. The van der Waals surface area contributed by atoms with Crippen molar-refractivity contribution in [3.8, 4) is 11.3 Å². The topological polar surface area (TPSA) is 62.5 Å². The minimum Gasteiger partial charge on any atom is -0.370 e. The van der Waals surface area contributed by atoms with Gasteiger partial charge in [-0.3, -0.25) is 4.79 Å². The number of fused-ring (bicyclic) bond motifs is 1.